The van der Waals surface area contributed by atoms with Crippen molar-refractivity contribution in [1.82, 2.24) is 19.6 Å². The summed E-state index contributed by atoms with van der Waals surface area (Å²) < 4.78 is 15.8. The summed E-state index contributed by atoms with van der Waals surface area (Å²) in [6.45, 7) is 0.101. The number of nitro groups is 1. The Balaban J connectivity index is 1.68. The molecule has 0 spiro atoms. The van der Waals surface area contributed by atoms with E-state index in [1.807, 2.05) is 0 Å². The average molecular weight is 365 g/mol. The van der Waals surface area contributed by atoms with E-state index in [0.717, 1.165) is 12.3 Å². The molecule has 0 saturated carbocycles. The van der Waals surface area contributed by atoms with Gasteiger partial charge in [0.05, 0.1) is 9.95 Å². The molecule has 1 aromatic carbocycles. The van der Waals surface area contributed by atoms with Crippen LogP contribution in [0.25, 0.3) is 0 Å². The normalized spacial score (nSPS) is 10.6. The largest absolute Gasteiger partial charge is 0.321 e. The van der Waals surface area contributed by atoms with Gasteiger partial charge in [-0.25, -0.2) is 9.07 Å². The zero-order valence-corrected chi connectivity index (χ0v) is 13.2. The van der Waals surface area contributed by atoms with Crippen molar-refractivity contribution < 1.29 is 14.1 Å². The van der Waals surface area contributed by atoms with Crippen molar-refractivity contribution in [2.24, 2.45) is 0 Å². The Bertz CT molecular complexity index is 954. The molecule has 0 aliphatic carbocycles. The van der Waals surface area contributed by atoms with Gasteiger partial charge < -0.3 is 5.32 Å². The number of anilines is 1. The quantitative estimate of drug-likeness (QED) is 0.553. The predicted octanol–water partition coefficient (Wildman–Crippen LogP) is 2.54. The molecular formula is C14H10ClFN6O3. The first-order valence-corrected chi connectivity index (χ1v) is 7.27. The molecule has 0 aliphatic rings. The zero-order valence-electron chi connectivity index (χ0n) is 12.5. The molecule has 1 N–H and O–H groups in total. The highest BCUT2D eigenvalue weighted by Crippen LogP contribution is 2.19. The summed E-state index contributed by atoms with van der Waals surface area (Å²) >= 11 is 5.66. The lowest BCUT2D eigenvalue weighted by Gasteiger charge is -2.04. The number of amides is 1. The molecule has 0 fully saturated rings. The Morgan fingerprint density at radius 2 is 2.16 bits per heavy atom. The molecule has 3 rings (SSSR count). The first-order chi connectivity index (χ1) is 11.9. The molecule has 0 saturated heterocycles. The van der Waals surface area contributed by atoms with Crippen LogP contribution in [-0.2, 0) is 6.67 Å². The number of hydrogen-bond acceptors (Lipinski definition) is 5. The number of rotatable bonds is 5. The summed E-state index contributed by atoms with van der Waals surface area (Å²) in [6.07, 6.45) is 3.90. The number of halogens is 2. The molecule has 3 aromatic rings. The molecule has 11 heteroatoms. The summed E-state index contributed by atoms with van der Waals surface area (Å²) in [5, 5.41) is 21.0. The van der Waals surface area contributed by atoms with Crippen LogP contribution in [0.1, 0.15) is 10.5 Å². The van der Waals surface area contributed by atoms with E-state index in [1.54, 1.807) is 0 Å². The van der Waals surface area contributed by atoms with Gasteiger partial charge in [0, 0.05) is 11.9 Å². The fraction of sp³-hybridized carbons (Fsp3) is 0.0714. The minimum absolute atomic E-state index is 0.101. The van der Waals surface area contributed by atoms with Crippen molar-refractivity contribution in [3.63, 3.8) is 0 Å². The number of nitrogens with zero attached hydrogens (tertiary/aromatic N) is 5. The van der Waals surface area contributed by atoms with E-state index in [2.05, 4.69) is 15.5 Å². The fourth-order valence-corrected chi connectivity index (χ4v) is 2.18. The third-order valence-electron chi connectivity index (χ3n) is 3.17. The molecule has 0 bridgehead atoms. The van der Waals surface area contributed by atoms with Crippen LogP contribution in [0, 0.1) is 15.9 Å². The highest BCUT2D eigenvalue weighted by molar-refractivity contribution is 6.31. The van der Waals surface area contributed by atoms with E-state index in [-0.39, 0.29) is 23.1 Å². The standard InChI is InChI=1S/C14H10ClFN6O3/c15-11-5-9(1-2-12(11)16)18-14(23)13-3-4-20(19-13)8-21-7-10(6-17-21)22(24)25/h1-7H,8H2,(H,18,23). The summed E-state index contributed by atoms with van der Waals surface area (Å²) in [5.74, 6) is -1.09. The second-order valence-electron chi connectivity index (χ2n) is 4.96. The topological polar surface area (TPSA) is 108 Å². The van der Waals surface area contributed by atoms with E-state index in [0.29, 0.717) is 5.69 Å². The van der Waals surface area contributed by atoms with Crippen LogP contribution in [-0.4, -0.2) is 30.4 Å². The number of aromatic nitrogens is 4. The van der Waals surface area contributed by atoms with Crippen LogP contribution in [0.5, 0.6) is 0 Å². The molecule has 0 unspecified atom stereocenters. The minimum atomic E-state index is -0.586. The summed E-state index contributed by atoms with van der Waals surface area (Å²) in [5.41, 5.74) is 0.300. The van der Waals surface area contributed by atoms with E-state index in [9.17, 15) is 19.3 Å². The molecule has 0 atom stereocenters. The Hall–Kier alpha value is -3.27. The Morgan fingerprint density at radius 1 is 1.36 bits per heavy atom. The maximum absolute atomic E-state index is 13.1. The van der Waals surface area contributed by atoms with E-state index in [4.69, 9.17) is 11.6 Å². The van der Waals surface area contributed by atoms with Crippen molar-refractivity contribution in [3.05, 3.63) is 69.5 Å². The monoisotopic (exact) mass is 364 g/mol. The number of nitrogens with one attached hydrogen (secondary N) is 1. The smallest absolute Gasteiger partial charge is 0.307 e. The summed E-state index contributed by atoms with van der Waals surface area (Å²) in [7, 11) is 0. The average Bonchev–Trinajstić information content (AvgIpc) is 3.21. The second-order valence-corrected chi connectivity index (χ2v) is 5.37. The van der Waals surface area contributed by atoms with E-state index >= 15 is 0 Å². The maximum atomic E-state index is 13.1. The maximum Gasteiger partial charge on any atom is 0.307 e. The minimum Gasteiger partial charge on any atom is -0.321 e. The van der Waals surface area contributed by atoms with Gasteiger partial charge in [-0.1, -0.05) is 11.6 Å². The van der Waals surface area contributed by atoms with Crippen LogP contribution in [0.2, 0.25) is 5.02 Å². The highest BCUT2D eigenvalue weighted by atomic mass is 35.5. The Labute approximate surface area is 144 Å². The summed E-state index contributed by atoms with van der Waals surface area (Å²) in [6, 6.07) is 5.27. The lowest BCUT2D eigenvalue weighted by Crippen LogP contribution is -2.15. The fourth-order valence-electron chi connectivity index (χ4n) is 2.00. The predicted molar refractivity (Wildman–Crippen MR) is 85.9 cm³/mol. The summed E-state index contributed by atoms with van der Waals surface area (Å²) in [4.78, 5) is 22.2. The molecule has 2 heterocycles. The third kappa shape index (κ3) is 3.80. The molecular weight excluding hydrogens is 355 g/mol. The Kier molecular flexibility index (Phi) is 4.44. The molecule has 2 aromatic heterocycles. The molecule has 25 heavy (non-hydrogen) atoms. The van der Waals surface area contributed by atoms with Crippen molar-refractivity contribution in [2.45, 2.75) is 6.67 Å². The molecule has 9 nitrogen and oxygen atoms in total. The number of carbonyl (C=O) groups is 1. The molecule has 128 valence electrons. The molecule has 1 amide bonds. The zero-order chi connectivity index (χ0) is 18.0. The van der Waals surface area contributed by atoms with Crippen molar-refractivity contribution in [2.75, 3.05) is 5.32 Å². The van der Waals surface area contributed by atoms with Crippen LogP contribution in [0.3, 0.4) is 0 Å². The molecule has 0 radical (unpaired) electrons. The van der Waals surface area contributed by atoms with Crippen LogP contribution < -0.4 is 5.32 Å². The van der Waals surface area contributed by atoms with Crippen LogP contribution in [0.4, 0.5) is 15.8 Å². The number of carbonyl (C=O) groups excluding carboxylic acids is 1. The van der Waals surface area contributed by atoms with Gasteiger partial charge in [0.2, 0.25) is 0 Å². The van der Waals surface area contributed by atoms with Gasteiger partial charge in [-0.05, 0) is 24.3 Å². The van der Waals surface area contributed by atoms with Gasteiger partial charge in [0.25, 0.3) is 5.91 Å². The van der Waals surface area contributed by atoms with Gasteiger partial charge in [-0.15, -0.1) is 0 Å². The van der Waals surface area contributed by atoms with Gasteiger partial charge in [0.15, 0.2) is 5.69 Å². The van der Waals surface area contributed by atoms with Gasteiger partial charge in [0.1, 0.15) is 24.9 Å². The van der Waals surface area contributed by atoms with E-state index in [1.165, 1.54) is 40.0 Å². The van der Waals surface area contributed by atoms with Crippen molar-refractivity contribution in [1.29, 1.82) is 0 Å². The Morgan fingerprint density at radius 3 is 2.84 bits per heavy atom. The number of benzene rings is 1. The van der Waals surface area contributed by atoms with Crippen LogP contribution >= 0.6 is 11.6 Å². The first-order valence-electron chi connectivity index (χ1n) is 6.89. The third-order valence-corrected chi connectivity index (χ3v) is 3.46. The van der Waals surface area contributed by atoms with Crippen molar-refractivity contribution >= 4 is 28.9 Å². The lowest BCUT2D eigenvalue weighted by atomic mass is 10.3. The molecule has 0 aliphatic heterocycles. The van der Waals surface area contributed by atoms with Gasteiger partial charge in [-0.3, -0.25) is 19.6 Å². The van der Waals surface area contributed by atoms with Crippen molar-refractivity contribution in [3.8, 4) is 0 Å². The second kappa shape index (κ2) is 6.69. The van der Waals surface area contributed by atoms with Crippen LogP contribution in [0.15, 0.2) is 42.9 Å². The van der Waals surface area contributed by atoms with Gasteiger partial charge >= 0.3 is 5.69 Å². The highest BCUT2D eigenvalue weighted by Gasteiger charge is 2.13. The SMILES string of the molecule is O=C(Nc1ccc(F)c(Cl)c1)c1ccn(Cn2cc([N+](=O)[O-])cn2)n1. The number of hydrogen-bond donors (Lipinski definition) is 1. The first kappa shape index (κ1) is 16.6. The van der Waals surface area contributed by atoms with E-state index < -0.39 is 16.6 Å². The van der Waals surface area contributed by atoms with Gasteiger partial charge in [-0.2, -0.15) is 10.2 Å². The lowest BCUT2D eigenvalue weighted by molar-refractivity contribution is -0.385.